The zero-order valence-corrected chi connectivity index (χ0v) is 14.1. The van der Waals surface area contributed by atoms with Gasteiger partial charge < -0.3 is 10.2 Å². The lowest BCUT2D eigenvalue weighted by molar-refractivity contribution is -0.131. The van der Waals surface area contributed by atoms with E-state index in [1.54, 1.807) is 6.07 Å². The van der Waals surface area contributed by atoms with E-state index in [9.17, 15) is 4.79 Å². The summed E-state index contributed by atoms with van der Waals surface area (Å²) in [6, 6.07) is 5.48. The quantitative estimate of drug-likeness (QED) is 0.767. The molecule has 0 aliphatic carbocycles. The van der Waals surface area contributed by atoms with Crippen LogP contribution in [0.1, 0.15) is 25.3 Å². The van der Waals surface area contributed by atoms with Crippen molar-refractivity contribution in [3.63, 3.8) is 0 Å². The molecule has 1 aromatic rings. The summed E-state index contributed by atoms with van der Waals surface area (Å²) in [5.74, 6) is 0.170. The number of carbonyl (C=O) groups is 1. The van der Waals surface area contributed by atoms with Crippen molar-refractivity contribution in [2.75, 3.05) is 20.1 Å². The molecule has 0 aliphatic rings. The molecule has 114 valence electrons. The molecule has 0 saturated heterocycles. The molecule has 1 N–H and O–H groups in total. The summed E-state index contributed by atoms with van der Waals surface area (Å²) in [6.07, 6.45) is 1.42. The average Bonchev–Trinajstić information content (AvgIpc) is 2.40. The molecule has 0 aromatic heterocycles. The van der Waals surface area contributed by atoms with E-state index in [1.165, 1.54) is 0 Å². The van der Waals surface area contributed by atoms with Gasteiger partial charge in [0.2, 0.25) is 5.91 Å². The van der Waals surface area contributed by atoms with E-state index in [0.717, 1.165) is 18.5 Å². The predicted octanol–water partition coefficient (Wildman–Crippen LogP) is 3.76. The zero-order chi connectivity index (χ0) is 14.3. The molecule has 1 amide bonds. The van der Waals surface area contributed by atoms with Crippen LogP contribution in [0.15, 0.2) is 18.2 Å². The van der Waals surface area contributed by atoms with Crippen molar-refractivity contribution in [1.29, 1.82) is 0 Å². The molecule has 0 unspecified atom stereocenters. The van der Waals surface area contributed by atoms with E-state index in [0.29, 0.717) is 29.6 Å². The second-order valence-corrected chi connectivity index (χ2v) is 5.18. The van der Waals surface area contributed by atoms with Crippen LogP contribution in [-0.2, 0) is 11.3 Å². The first kappa shape index (κ1) is 19.5. The fourth-order valence-corrected chi connectivity index (χ4v) is 2.13. The molecule has 1 aromatic carbocycles. The minimum absolute atomic E-state index is 0. The monoisotopic (exact) mass is 338 g/mol. The van der Waals surface area contributed by atoms with Gasteiger partial charge in [0.25, 0.3) is 0 Å². The van der Waals surface area contributed by atoms with Gasteiger partial charge in [-0.25, -0.2) is 0 Å². The van der Waals surface area contributed by atoms with Crippen molar-refractivity contribution in [2.45, 2.75) is 26.3 Å². The molecule has 1 rings (SSSR count). The van der Waals surface area contributed by atoms with Gasteiger partial charge >= 0.3 is 0 Å². The summed E-state index contributed by atoms with van der Waals surface area (Å²) in [5.41, 5.74) is 0.998. The smallest absolute Gasteiger partial charge is 0.222 e. The lowest BCUT2D eigenvalue weighted by Crippen LogP contribution is -2.30. The van der Waals surface area contributed by atoms with Crippen LogP contribution in [0.25, 0.3) is 0 Å². The van der Waals surface area contributed by atoms with E-state index in [-0.39, 0.29) is 18.3 Å². The van der Waals surface area contributed by atoms with Gasteiger partial charge in [-0.05, 0) is 44.6 Å². The Morgan fingerprint density at radius 2 is 2.00 bits per heavy atom. The van der Waals surface area contributed by atoms with E-state index in [1.807, 2.05) is 31.0 Å². The maximum atomic E-state index is 12.0. The third kappa shape index (κ3) is 6.31. The number of rotatable bonds is 7. The number of carbonyl (C=O) groups excluding carboxylic acids is 1. The van der Waals surface area contributed by atoms with Crippen molar-refractivity contribution < 1.29 is 4.79 Å². The minimum Gasteiger partial charge on any atom is -0.339 e. The number of hydrogen-bond donors (Lipinski definition) is 1. The summed E-state index contributed by atoms with van der Waals surface area (Å²) < 4.78 is 0. The average molecular weight is 340 g/mol. The van der Waals surface area contributed by atoms with E-state index >= 15 is 0 Å². The fourth-order valence-electron chi connectivity index (χ4n) is 1.81. The standard InChI is InChI=1S/C14H20Cl2N2O.ClH/c1-3-18(14(19)5-4-8-17-2)10-11-6-7-12(15)13(16)9-11;/h6-7,9,17H,3-5,8,10H2,1-2H3;1H. The molecule has 6 heteroatoms. The van der Waals surface area contributed by atoms with Gasteiger partial charge in [-0.3, -0.25) is 4.79 Å². The Balaban J connectivity index is 0.00000361. The molecule has 0 bridgehead atoms. The number of amides is 1. The maximum Gasteiger partial charge on any atom is 0.222 e. The molecule has 20 heavy (non-hydrogen) atoms. The molecular weight excluding hydrogens is 319 g/mol. The highest BCUT2D eigenvalue weighted by Crippen LogP contribution is 2.23. The summed E-state index contributed by atoms with van der Waals surface area (Å²) >= 11 is 11.9. The summed E-state index contributed by atoms with van der Waals surface area (Å²) in [4.78, 5) is 13.9. The lowest BCUT2D eigenvalue weighted by Gasteiger charge is -2.21. The predicted molar refractivity (Wildman–Crippen MR) is 88.0 cm³/mol. The van der Waals surface area contributed by atoms with Crippen molar-refractivity contribution in [2.24, 2.45) is 0 Å². The van der Waals surface area contributed by atoms with Crippen molar-refractivity contribution in [3.05, 3.63) is 33.8 Å². The summed E-state index contributed by atoms with van der Waals surface area (Å²) in [7, 11) is 1.89. The first-order chi connectivity index (χ1) is 9.08. The Kier molecular flexibility index (Phi) is 10.0. The van der Waals surface area contributed by atoms with Crippen LogP contribution >= 0.6 is 35.6 Å². The van der Waals surface area contributed by atoms with Gasteiger partial charge in [-0.15, -0.1) is 12.4 Å². The van der Waals surface area contributed by atoms with Gasteiger partial charge in [0.15, 0.2) is 0 Å². The number of nitrogens with one attached hydrogen (secondary N) is 1. The van der Waals surface area contributed by atoms with Crippen LogP contribution in [-0.4, -0.2) is 30.9 Å². The van der Waals surface area contributed by atoms with E-state index < -0.39 is 0 Å². The first-order valence-corrected chi connectivity index (χ1v) is 7.20. The Morgan fingerprint density at radius 1 is 1.30 bits per heavy atom. The number of halogens is 3. The van der Waals surface area contributed by atoms with Crippen LogP contribution in [0, 0.1) is 0 Å². The third-order valence-corrected chi connectivity index (χ3v) is 3.65. The van der Waals surface area contributed by atoms with Crippen LogP contribution in [0.4, 0.5) is 0 Å². The zero-order valence-electron chi connectivity index (χ0n) is 11.8. The van der Waals surface area contributed by atoms with Crippen molar-refractivity contribution in [3.8, 4) is 0 Å². The van der Waals surface area contributed by atoms with Gasteiger partial charge in [-0.1, -0.05) is 29.3 Å². The Morgan fingerprint density at radius 3 is 2.55 bits per heavy atom. The molecule has 0 aliphatic heterocycles. The highest BCUT2D eigenvalue weighted by molar-refractivity contribution is 6.42. The van der Waals surface area contributed by atoms with Crippen LogP contribution in [0.5, 0.6) is 0 Å². The normalized spacial score (nSPS) is 10.0. The third-order valence-electron chi connectivity index (χ3n) is 2.91. The second-order valence-electron chi connectivity index (χ2n) is 4.36. The topological polar surface area (TPSA) is 32.3 Å². The fraction of sp³-hybridized carbons (Fsp3) is 0.500. The maximum absolute atomic E-state index is 12.0. The molecule has 0 spiro atoms. The number of benzene rings is 1. The van der Waals surface area contributed by atoms with Crippen molar-refractivity contribution >= 4 is 41.5 Å². The van der Waals surface area contributed by atoms with Crippen LogP contribution < -0.4 is 5.32 Å². The SMILES string of the molecule is CCN(Cc1ccc(Cl)c(Cl)c1)C(=O)CCCNC.Cl. The molecule has 0 saturated carbocycles. The molecule has 0 atom stereocenters. The van der Waals surface area contributed by atoms with Crippen molar-refractivity contribution in [1.82, 2.24) is 10.2 Å². The number of nitrogens with zero attached hydrogens (tertiary/aromatic N) is 1. The highest BCUT2D eigenvalue weighted by atomic mass is 35.5. The van der Waals surface area contributed by atoms with Gasteiger partial charge in [-0.2, -0.15) is 0 Å². The molecule has 0 fully saturated rings. The lowest BCUT2D eigenvalue weighted by atomic mass is 10.2. The molecule has 0 heterocycles. The van der Waals surface area contributed by atoms with Crippen LogP contribution in [0.3, 0.4) is 0 Å². The Labute approximate surface area is 137 Å². The van der Waals surface area contributed by atoms with E-state index in [2.05, 4.69) is 5.32 Å². The second kappa shape index (κ2) is 10.3. The molecule has 3 nitrogen and oxygen atoms in total. The summed E-state index contributed by atoms with van der Waals surface area (Å²) in [5, 5.41) is 4.10. The Hall–Kier alpha value is -0.480. The molecular formula is C14H21Cl3N2O. The van der Waals surface area contributed by atoms with Gasteiger partial charge in [0.05, 0.1) is 10.0 Å². The van der Waals surface area contributed by atoms with Gasteiger partial charge in [0, 0.05) is 19.5 Å². The first-order valence-electron chi connectivity index (χ1n) is 6.44. The van der Waals surface area contributed by atoms with Gasteiger partial charge in [0.1, 0.15) is 0 Å². The Bertz CT molecular complexity index is 427. The molecule has 0 radical (unpaired) electrons. The highest BCUT2D eigenvalue weighted by Gasteiger charge is 2.12. The minimum atomic E-state index is 0. The number of hydrogen-bond acceptors (Lipinski definition) is 2. The van der Waals surface area contributed by atoms with Crippen LogP contribution in [0.2, 0.25) is 10.0 Å². The van der Waals surface area contributed by atoms with E-state index in [4.69, 9.17) is 23.2 Å². The summed E-state index contributed by atoms with van der Waals surface area (Å²) in [6.45, 7) is 4.11. The largest absolute Gasteiger partial charge is 0.339 e.